The van der Waals surface area contributed by atoms with Gasteiger partial charge in [-0.2, -0.15) is 5.10 Å². The van der Waals surface area contributed by atoms with E-state index in [0.717, 1.165) is 12.8 Å². The Morgan fingerprint density at radius 2 is 2.29 bits per heavy atom. The zero-order valence-electron chi connectivity index (χ0n) is 10.0. The lowest BCUT2D eigenvalue weighted by atomic mass is 10.3. The summed E-state index contributed by atoms with van der Waals surface area (Å²) in [6.07, 6.45) is 3.31. The number of amides is 1. The first kappa shape index (κ1) is 13.2. The van der Waals surface area contributed by atoms with Crippen LogP contribution in [-0.4, -0.2) is 33.3 Å². The highest BCUT2D eigenvalue weighted by molar-refractivity contribution is 5.93. The van der Waals surface area contributed by atoms with E-state index in [2.05, 4.69) is 10.4 Å². The minimum absolute atomic E-state index is 0.274. The Morgan fingerprint density at radius 1 is 1.59 bits per heavy atom. The molecule has 0 radical (unpaired) electrons. The highest BCUT2D eigenvalue weighted by Crippen LogP contribution is 2.09. The van der Waals surface area contributed by atoms with Crippen LogP contribution in [0.1, 0.15) is 43.2 Å². The van der Waals surface area contributed by atoms with Crippen molar-refractivity contribution in [3.8, 4) is 0 Å². The zero-order chi connectivity index (χ0) is 12.8. The van der Waals surface area contributed by atoms with E-state index in [1.54, 1.807) is 0 Å². The first-order valence-electron chi connectivity index (χ1n) is 5.62. The maximum absolute atomic E-state index is 11.8. The third kappa shape index (κ3) is 3.30. The van der Waals surface area contributed by atoms with Gasteiger partial charge in [-0.1, -0.05) is 13.3 Å². The van der Waals surface area contributed by atoms with Crippen LogP contribution in [0, 0.1) is 0 Å². The van der Waals surface area contributed by atoms with Crippen molar-refractivity contribution in [3.63, 3.8) is 0 Å². The number of hydrogen-bond donors (Lipinski definition) is 2. The molecule has 1 amide bonds. The standard InChI is InChI=1S/C11H17N3O3/c1-3-4-6-12-10(15)9-5-7-13-14(9)8(2)11(16)17/h5,7-8H,3-4,6H2,1-2H3,(H,12,15)(H,16,17). The number of aromatic nitrogens is 2. The Balaban J connectivity index is 2.74. The highest BCUT2D eigenvalue weighted by Gasteiger charge is 2.20. The van der Waals surface area contributed by atoms with E-state index < -0.39 is 12.0 Å². The molecule has 0 aliphatic carbocycles. The summed E-state index contributed by atoms with van der Waals surface area (Å²) >= 11 is 0. The van der Waals surface area contributed by atoms with Crippen LogP contribution >= 0.6 is 0 Å². The van der Waals surface area contributed by atoms with E-state index in [9.17, 15) is 9.59 Å². The van der Waals surface area contributed by atoms with Crippen LogP contribution in [0.4, 0.5) is 0 Å². The molecular weight excluding hydrogens is 222 g/mol. The largest absolute Gasteiger partial charge is 0.480 e. The summed E-state index contributed by atoms with van der Waals surface area (Å²) in [6.45, 7) is 4.10. The Labute approximate surface area is 99.6 Å². The van der Waals surface area contributed by atoms with Crippen LogP contribution in [0.3, 0.4) is 0 Å². The minimum atomic E-state index is -1.02. The van der Waals surface area contributed by atoms with Crippen molar-refractivity contribution in [2.75, 3.05) is 6.54 Å². The van der Waals surface area contributed by atoms with Gasteiger partial charge in [0.15, 0.2) is 0 Å². The summed E-state index contributed by atoms with van der Waals surface area (Å²) in [4.78, 5) is 22.6. The number of aliphatic carboxylic acids is 1. The first-order chi connectivity index (χ1) is 8.07. The Bertz CT molecular complexity index is 400. The van der Waals surface area contributed by atoms with Crippen LogP contribution in [-0.2, 0) is 4.79 Å². The van der Waals surface area contributed by atoms with Crippen molar-refractivity contribution in [3.05, 3.63) is 18.0 Å². The van der Waals surface area contributed by atoms with E-state index in [1.165, 1.54) is 23.9 Å². The summed E-state index contributed by atoms with van der Waals surface area (Å²) in [7, 11) is 0. The van der Waals surface area contributed by atoms with Gasteiger partial charge < -0.3 is 10.4 Å². The molecular formula is C11H17N3O3. The van der Waals surface area contributed by atoms with Gasteiger partial charge in [-0.25, -0.2) is 9.48 Å². The van der Waals surface area contributed by atoms with Gasteiger partial charge >= 0.3 is 5.97 Å². The molecule has 6 nitrogen and oxygen atoms in total. The highest BCUT2D eigenvalue weighted by atomic mass is 16.4. The molecule has 0 saturated carbocycles. The van der Waals surface area contributed by atoms with Gasteiger partial charge in [0.25, 0.3) is 5.91 Å². The monoisotopic (exact) mass is 239 g/mol. The van der Waals surface area contributed by atoms with Gasteiger partial charge in [-0.3, -0.25) is 4.79 Å². The van der Waals surface area contributed by atoms with Crippen LogP contribution < -0.4 is 5.32 Å². The molecule has 0 bridgehead atoms. The van der Waals surface area contributed by atoms with E-state index in [1.807, 2.05) is 6.92 Å². The van der Waals surface area contributed by atoms with Crippen molar-refractivity contribution < 1.29 is 14.7 Å². The molecule has 17 heavy (non-hydrogen) atoms. The van der Waals surface area contributed by atoms with Crippen molar-refractivity contribution in [1.29, 1.82) is 0 Å². The molecule has 94 valence electrons. The Morgan fingerprint density at radius 3 is 2.88 bits per heavy atom. The maximum atomic E-state index is 11.8. The van der Waals surface area contributed by atoms with Crippen molar-refractivity contribution in [1.82, 2.24) is 15.1 Å². The lowest BCUT2D eigenvalue weighted by Gasteiger charge is -2.11. The average Bonchev–Trinajstić information content (AvgIpc) is 2.76. The SMILES string of the molecule is CCCCNC(=O)c1ccnn1C(C)C(=O)O. The number of nitrogens with zero attached hydrogens (tertiary/aromatic N) is 2. The number of nitrogens with one attached hydrogen (secondary N) is 1. The van der Waals surface area contributed by atoms with Crippen molar-refractivity contribution in [2.24, 2.45) is 0 Å². The fraction of sp³-hybridized carbons (Fsp3) is 0.545. The Kier molecular flexibility index (Phi) is 4.68. The molecule has 6 heteroatoms. The fourth-order valence-corrected chi connectivity index (χ4v) is 1.38. The predicted molar refractivity (Wildman–Crippen MR) is 61.8 cm³/mol. The molecule has 0 spiro atoms. The second kappa shape index (κ2) is 6.03. The number of carboxylic acid groups (broad SMARTS) is 1. The first-order valence-corrected chi connectivity index (χ1v) is 5.62. The summed E-state index contributed by atoms with van der Waals surface area (Å²) in [5, 5.41) is 15.5. The van der Waals surface area contributed by atoms with Gasteiger partial charge in [0.1, 0.15) is 11.7 Å². The van der Waals surface area contributed by atoms with Gasteiger partial charge in [0, 0.05) is 12.7 Å². The predicted octanol–water partition coefficient (Wildman–Crippen LogP) is 1.06. The smallest absolute Gasteiger partial charge is 0.328 e. The number of rotatable bonds is 6. The molecule has 1 aromatic heterocycles. The molecule has 2 N–H and O–H groups in total. The summed E-state index contributed by atoms with van der Waals surface area (Å²) in [5.41, 5.74) is 0.274. The number of carboxylic acids is 1. The van der Waals surface area contributed by atoms with Crippen molar-refractivity contribution >= 4 is 11.9 Å². The number of unbranched alkanes of at least 4 members (excludes halogenated alkanes) is 1. The van der Waals surface area contributed by atoms with Crippen LogP contribution in [0.25, 0.3) is 0 Å². The summed E-state index contributed by atoms with van der Waals surface area (Å²) in [6, 6.07) is 0.665. The molecule has 1 aromatic rings. The normalized spacial score (nSPS) is 12.1. The molecule has 1 unspecified atom stereocenters. The van der Waals surface area contributed by atoms with Crippen LogP contribution in [0.2, 0.25) is 0 Å². The van der Waals surface area contributed by atoms with Crippen LogP contribution in [0.5, 0.6) is 0 Å². The lowest BCUT2D eigenvalue weighted by molar-refractivity contribution is -0.140. The van der Waals surface area contributed by atoms with E-state index in [0.29, 0.717) is 6.54 Å². The molecule has 0 aliphatic rings. The molecule has 1 heterocycles. The van der Waals surface area contributed by atoms with Gasteiger partial charge in [0.2, 0.25) is 0 Å². The molecule has 0 saturated heterocycles. The lowest BCUT2D eigenvalue weighted by Crippen LogP contribution is -2.29. The number of carbonyl (C=O) groups is 2. The topological polar surface area (TPSA) is 84.2 Å². The third-order valence-corrected chi connectivity index (χ3v) is 2.44. The zero-order valence-corrected chi connectivity index (χ0v) is 10.0. The molecule has 0 aliphatic heterocycles. The molecule has 1 atom stereocenters. The van der Waals surface area contributed by atoms with Crippen LogP contribution in [0.15, 0.2) is 12.3 Å². The molecule has 1 rings (SSSR count). The van der Waals surface area contributed by atoms with Crippen molar-refractivity contribution in [2.45, 2.75) is 32.7 Å². The Hall–Kier alpha value is -1.85. The number of carbonyl (C=O) groups excluding carboxylic acids is 1. The third-order valence-electron chi connectivity index (χ3n) is 2.44. The maximum Gasteiger partial charge on any atom is 0.328 e. The van der Waals surface area contributed by atoms with E-state index >= 15 is 0 Å². The van der Waals surface area contributed by atoms with E-state index in [4.69, 9.17) is 5.11 Å². The van der Waals surface area contributed by atoms with Gasteiger partial charge in [0.05, 0.1) is 0 Å². The van der Waals surface area contributed by atoms with Gasteiger partial charge in [-0.05, 0) is 19.4 Å². The summed E-state index contributed by atoms with van der Waals surface area (Å²) < 4.78 is 1.21. The summed E-state index contributed by atoms with van der Waals surface area (Å²) in [5.74, 6) is -1.31. The molecule has 0 fully saturated rings. The quantitative estimate of drug-likeness (QED) is 0.727. The average molecular weight is 239 g/mol. The van der Waals surface area contributed by atoms with Gasteiger partial charge in [-0.15, -0.1) is 0 Å². The van der Waals surface area contributed by atoms with E-state index in [-0.39, 0.29) is 11.6 Å². The number of hydrogen-bond acceptors (Lipinski definition) is 3. The fourth-order valence-electron chi connectivity index (χ4n) is 1.38. The molecule has 0 aromatic carbocycles. The minimum Gasteiger partial charge on any atom is -0.480 e. The second-order valence-corrected chi connectivity index (χ2v) is 3.78. The second-order valence-electron chi connectivity index (χ2n) is 3.78.